The van der Waals surface area contributed by atoms with Crippen molar-refractivity contribution < 1.29 is 4.74 Å². The van der Waals surface area contributed by atoms with Crippen molar-refractivity contribution in [3.63, 3.8) is 0 Å². The molecule has 4 heteroatoms. The van der Waals surface area contributed by atoms with Gasteiger partial charge in [-0.15, -0.1) is 11.8 Å². The van der Waals surface area contributed by atoms with E-state index in [0.717, 1.165) is 22.1 Å². The molecule has 94 valence electrons. The first-order chi connectivity index (χ1) is 8.83. The van der Waals surface area contributed by atoms with Crippen LogP contribution in [0.25, 0.3) is 0 Å². The van der Waals surface area contributed by atoms with Gasteiger partial charge in [-0.3, -0.25) is 0 Å². The maximum absolute atomic E-state index is 5.65. The number of nitrogens with two attached hydrogens (primary N) is 1. The number of rotatable bonds is 5. The third kappa shape index (κ3) is 3.24. The summed E-state index contributed by atoms with van der Waals surface area (Å²) in [5.74, 6) is 1.73. The van der Waals surface area contributed by atoms with Gasteiger partial charge in [0.25, 0.3) is 0 Å². The Morgan fingerprint density at radius 3 is 2.83 bits per heavy atom. The van der Waals surface area contributed by atoms with E-state index < -0.39 is 0 Å². The van der Waals surface area contributed by atoms with Crippen LogP contribution in [-0.4, -0.2) is 12.1 Å². The maximum Gasteiger partial charge on any atom is 0.123 e. The van der Waals surface area contributed by atoms with E-state index in [-0.39, 0.29) is 0 Å². The molecule has 0 amide bonds. The van der Waals surface area contributed by atoms with Crippen molar-refractivity contribution in [2.75, 3.05) is 7.11 Å². The van der Waals surface area contributed by atoms with Crippen molar-refractivity contribution in [2.45, 2.75) is 17.3 Å². The lowest BCUT2D eigenvalue weighted by atomic mass is 10.1. The Hall–Kier alpha value is -1.52. The van der Waals surface area contributed by atoms with Gasteiger partial charge >= 0.3 is 0 Å². The number of benzene rings is 1. The summed E-state index contributed by atoms with van der Waals surface area (Å²) >= 11 is 1.71. The predicted molar refractivity (Wildman–Crippen MR) is 74.7 cm³/mol. The third-order valence-corrected chi connectivity index (χ3v) is 3.61. The molecule has 2 N–H and O–H groups in total. The van der Waals surface area contributed by atoms with E-state index in [1.54, 1.807) is 25.1 Å². The zero-order valence-corrected chi connectivity index (χ0v) is 11.1. The van der Waals surface area contributed by atoms with Gasteiger partial charge in [0.05, 0.1) is 12.1 Å². The van der Waals surface area contributed by atoms with Gasteiger partial charge in [0.1, 0.15) is 5.75 Å². The van der Waals surface area contributed by atoms with Crippen LogP contribution in [0.2, 0.25) is 0 Å². The van der Waals surface area contributed by atoms with Gasteiger partial charge in [0, 0.05) is 24.1 Å². The Kier molecular flexibility index (Phi) is 4.61. The average Bonchev–Trinajstić information content (AvgIpc) is 2.45. The zero-order valence-electron chi connectivity index (χ0n) is 10.3. The SMILES string of the molecule is COc1cc(CSc2ccccn2)ccc1CN. The summed E-state index contributed by atoms with van der Waals surface area (Å²) in [4.78, 5) is 4.28. The van der Waals surface area contributed by atoms with Gasteiger partial charge in [-0.05, 0) is 23.8 Å². The Morgan fingerprint density at radius 2 is 2.17 bits per heavy atom. The first-order valence-corrected chi connectivity index (χ1v) is 6.71. The number of methoxy groups -OCH3 is 1. The van der Waals surface area contributed by atoms with Gasteiger partial charge in [-0.25, -0.2) is 4.98 Å². The highest BCUT2D eigenvalue weighted by atomic mass is 32.2. The molecule has 0 unspecified atom stereocenters. The lowest BCUT2D eigenvalue weighted by Gasteiger charge is -2.09. The minimum atomic E-state index is 0.497. The molecule has 0 radical (unpaired) electrons. The van der Waals surface area contributed by atoms with Crippen LogP contribution in [0.1, 0.15) is 11.1 Å². The molecule has 0 aliphatic rings. The molecule has 2 rings (SSSR count). The summed E-state index contributed by atoms with van der Waals surface area (Å²) in [7, 11) is 1.67. The second kappa shape index (κ2) is 6.42. The monoisotopic (exact) mass is 260 g/mol. The van der Waals surface area contributed by atoms with Crippen LogP contribution >= 0.6 is 11.8 Å². The molecule has 0 fully saturated rings. The summed E-state index contributed by atoms with van der Waals surface area (Å²) in [6.45, 7) is 0.497. The van der Waals surface area contributed by atoms with E-state index in [1.807, 2.05) is 30.3 Å². The van der Waals surface area contributed by atoms with Gasteiger partial charge in [0.15, 0.2) is 0 Å². The van der Waals surface area contributed by atoms with E-state index in [1.165, 1.54) is 5.56 Å². The van der Waals surface area contributed by atoms with Gasteiger partial charge in [-0.1, -0.05) is 18.2 Å². The molecule has 18 heavy (non-hydrogen) atoms. The molecule has 0 bridgehead atoms. The Bertz CT molecular complexity index is 502. The second-order valence-corrected chi connectivity index (χ2v) is 4.80. The summed E-state index contributed by atoms with van der Waals surface area (Å²) in [6.07, 6.45) is 1.81. The molecule has 0 aliphatic heterocycles. The van der Waals surface area contributed by atoms with Crippen LogP contribution in [0.3, 0.4) is 0 Å². The molecular formula is C14H16N2OS. The molecule has 0 saturated carbocycles. The van der Waals surface area contributed by atoms with Crippen LogP contribution in [-0.2, 0) is 12.3 Å². The van der Waals surface area contributed by atoms with Crippen molar-refractivity contribution in [3.05, 3.63) is 53.7 Å². The number of thioether (sulfide) groups is 1. The fourth-order valence-electron chi connectivity index (χ4n) is 1.64. The van der Waals surface area contributed by atoms with Crippen molar-refractivity contribution in [1.82, 2.24) is 4.98 Å². The number of ether oxygens (including phenoxy) is 1. The predicted octanol–water partition coefficient (Wildman–Crippen LogP) is 2.84. The second-order valence-electron chi connectivity index (χ2n) is 3.81. The highest BCUT2D eigenvalue weighted by Crippen LogP contribution is 2.25. The Morgan fingerprint density at radius 1 is 1.28 bits per heavy atom. The highest BCUT2D eigenvalue weighted by Gasteiger charge is 2.03. The van der Waals surface area contributed by atoms with Crippen molar-refractivity contribution in [2.24, 2.45) is 5.73 Å². The molecule has 0 aliphatic carbocycles. The summed E-state index contributed by atoms with van der Waals surface area (Å²) in [6, 6.07) is 12.1. The lowest BCUT2D eigenvalue weighted by molar-refractivity contribution is 0.409. The Labute approximate surface area is 111 Å². The van der Waals surface area contributed by atoms with E-state index in [2.05, 4.69) is 11.1 Å². The average molecular weight is 260 g/mol. The molecule has 0 saturated heterocycles. The molecule has 1 aromatic heterocycles. The first kappa shape index (κ1) is 12.9. The minimum absolute atomic E-state index is 0.497. The molecule has 3 nitrogen and oxygen atoms in total. The maximum atomic E-state index is 5.65. The van der Waals surface area contributed by atoms with E-state index in [4.69, 9.17) is 10.5 Å². The summed E-state index contributed by atoms with van der Waals surface area (Å²) < 4.78 is 5.32. The smallest absolute Gasteiger partial charge is 0.123 e. The van der Waals surface area contributed by atoms with Gasteiger partial charge < -0.3 is 10.5 Å². The topological polar surface area (TPSA) is 48.1 Å². The van der Waals surface area contributed by atoms with Gasteiger partial charge in [0.2, 0.25) is 0 Å². The molecule has 1 aromatic carbocycles. The molecule has 0 atom stereocenters. The Balaban J connectivity index is 2.06. The summed E-state index contributed by atoms with van der Waals surface area (Å²) in [5.41, 5.74) is 7.89. The molecule has 1 heterocycles. The van der Waals surface area contributed by atoms with Crippen LogP contribution < -0.4 is 10.5 Å². The normalized spacial score (nSPS) is 10.3. The fraction of sp³-hybridized carbons (Fsp3) is 0.214. The van der Waals surface area contributed by atoms with E-state index in [0.29, 0.717) is 6.54 Å². The largest absolute Gasteiger partial charge is 0.496 e. The number of aromatic nitrogens is 1. The molecule has 0 spiro atoms. The van der Waals surface area contributed by atoms with Crippen molar-refractivity contribution in [1.29, 1.82) is 0 Å². The van der Waals surface area contributed by atoms with Crippen molar-refractivity contribution >= 4 is 11.8 Å². The zero-order chi connectivity index (χ0) is 12.8. The van der Waals surface area contributed by atoms with Crippen LogP contribution in [0.5, 0.6) is 5.75 Å². The quantitative estimate of drug-likeness (QED) is 0.840. The standard InChI is InChI=1S/C14H16N2OS/c1-17-13-8-11(5-6-12(13)9-15)10-18-14-4-2-3-7-16-14/h2-8H,9-10,15H2,1H3. The molecular weight excluding hydrogens is 244 g/mol. The minimum Gasteiger partial charge on any atom is -0.496 e. The first-order valence-electron chi connectivity index (χ1n) is 5.73. The van der Waals surface area contributed by atoms with Crippen molar-refractivity contribution in [3.8, 4) is 5.75 Å². The van der Waals surface area contributed by atoms with E-state index >= 15 is 0 Å². The van der Waals surface area contributed by atoms with Gasteiger partial charge in [-0.2, -0.15) is 0 Å². The van der Waals surface area contributed by atoms with Crippen LogP contribution in [0.15, 0.2) is 47.6 Å². The number of hydrogen-bond acceptors (Lipinski definition) is 4. The van der Waals surface area contributed by atoms with Crippen LogP contribution in [0.4, 0.5) is 0 Å². The van der Waals surface area contributed by atoms with E-state index in [9.17, 15) is 0 Å². The summed E-state index contributed by atoms with van der Waals surface area (Å²) in [5, 5.41) is 1.03. The number of hydrogen-bond donors (Lipinski definition) is 1. The number of pyridine rings is 1. The third-order valence-electron chi connectivity index (χ3n) is 2.60. The highest BCUT2D eigenvalue weighted by molar-refractivity contribution is 7.98. The number of nitrogens with zero attached hydrogens (tertiary/aromatic N) is 1. The van der Waals surface area contributed by atoms with Crippen LogP contribution in [0, 0.1) is 0 Å². The fourth-order valence-corrected chi connectivity index (χ4v) is 2.44. The lowest BCUT2D eigenvalue weighted by Crippen LogP contribution is -2.00. The molecule has 2 aromatic rings.